The average molecular weight is 289 g/mol. The minimum absolute atomic E-state index is 0.0754. The summed E-state index contributed by atoms with van der Waals surface area (Å²) >= 11 is 0. The number of nitrogens with zero attached hydrogens (tertiary/aromatic N) is 1. The number of carbonyl (C=O) groups excluding carboxylic acids is 1. The summed E-state index contributed by atoms with van der Waals surface area (Å²) in [5.41, 5.74) is -1.04. The van der Waals surface area contributed by atoms with Crippen LogP contribution < -0.4 is 0 Å². The second kappa shape index (κ2) is 4.45. The van der Waals surface area contributed by atoms with E-state index in [1.807, 2.05) is 0 Å². The van der Waals surface area contributed by atoms with Crippen molar-refractivity contribution in [3.05, 3.63) is 0 Å². The first-order valence-corrected chi connectivity index (χ1v) is 8.37. The smallest absolute Gasteiger partial charge is 0.258 e. The molecule has 0 aromatic carbocycles. The lowest BCUT2D eigenvalue weighted by molar-refractivity contribution is -0.136. The molecular formula is C13H23NO4S. The standard InChI is InChI=1S/C13H23NO4S/c1-4-10-5-7-13(16,8-6-10)9-14-11(15)12(2,3)19(14,17)18/h10,16H,4-9H2,1-3H3. The number of β-amino-alcohol motifs (C(OH)–C–C–N with tert-alkyl or cyclic N) is 1. The van der Waals surface area contributed by atoms with Crippen LogP contribution in [0.4, 0.5) is 0 Å². The Morgan fingerprint density at radius 1 is 1.32 bits per heavy atom. The van der Waals surface area contributed by atoms with Crippen LogP contribution in [-0.2, 0) is 14.8 Å². The summed E-state index contributed by atoms with van der Waals surface area (Å²) in [6, 6.07) is 0. The van der Waals surface area contributed by atoms with Gasteiger partial charge in [-0.25, -0.2) is 12.7 Å². The highest BCUT2D eigenvalue weighted by Gasteiger charge is 2.61. The van der Waals surface area contributed by atoms with E-state index in [1.165, 1.54) is 13.8 Å². The third-order valence-electron chi connectivity index (χ3n) is 4.73. The maximum absolute atomic E-state index is 12.0. The van der Waals surface area contributed by atoms with Crippen LogP contribution in [0.3, 0.4) is 0 Å². The molecule has 110 valence electrons. The van der Waals surface area contributed by atoms with Gasteiger partial charge >= 0.3 is 0 Å². The van der Waals surface area contributed by atoms with Crippen molar-refractivity contribution in [1.82, 2.24) is 4.31 Å². The molecule has 0 aromatic rings. The molecule has 1 saturated carbocycles. The molecule has 0 atom stereocenters. The van der Waals surface area contributed by atoms with Gasteiger partial charge in [-0.3, -0.25) is 4.79 Å². The molecule has 2 aliphatic rings. The van der Waals surface area contributed by atoms with E-state index in [2.05, 4.69) is 6.92 Å². The molecule has 0 bridgehead atoms. The Bertz CT molecular complexity index is 475. The van der Waals surface area contributed by atoms with Gasteiger partial charge in [0.2, 0.25) is 0 Å². The van der Waals surface area contributed by atoms with Crippen molar-refractivity contribution in [2.24, 2.45) is 5.92 Å². The fourth-order valence-electron chi connectivity index (χ4n) is 2.96. The molecule has 19 heavy (non-hydrogen) atoms. The number of sulfonamides is 1. The topological polar surface area (TPSA) is 74.7 Å². The Kier molecular flexibility index (Phi) is 3.46. The fraction of sp³-hybridized carbons (Fsp3) is 0.923. The maximum Gasteiger partial charge on any atom is 0.258 e. The van der Waals surface area contributed by atoms with E-state index in [0.717, 1.165) is 23.6 Å². The largest absolute Gasteiger partial charge is 0.388 e. The molecular weight excluding hydrogens is 266 g/mol. The van der Waals surface area contributed by atoms with Gasteiger partial charge in [0.05, 0.1) is 12.1 Å². The first kappa shape index (κ1) is 14.8. The molecule has 1 heterocycles. The van der Waals surface area contributed by atoms with Gasteiger partial charge < -0.3 is 5.11 Å². The van der Waals surface area contributed by atoms with Crippen LogP contribution >= 0.6 is 0 Å². The summed E-state index contributed by atoms with van der Waals surface area (Å²) in [4.78, 5) is 11.9. The second-order valence-electron chi connectivity index (χ2n) is 6.40. The maximum atomic E-state index is 12.0. The van der Waals surface area contributed by atoms with Crippen molar-refractivity contribution >= 4 is 15.9 Å². The summed E-state index contributed by atoms with van der Waals surface area (Å²) in [6.45, 7) is 4.88. The number of aliphatic hydroxyl groups is 1. The monoisotopic (exact) mass is 289 g/mol. The number of carbonyl (C=O) groups is 1. The second-order valence-corrected chi connectivity index (χ2v) is 8.81. The van der Waals surface area contributed by atoms with Gasteiger partial charge in [0.1, 0.15) is 0 Å². The predicted molar refractivity (Wildman–Crippen MR) is 71.9 cm³/mol. The Balaban J connectivity index is 2.05. The zero-order valence-electron chi connectivity index (χ0n) is 11.8. The van der Waals surface area contributed by atoms with Crippen LogP contribution in [0.15, 0.2) is 0 Å². The highest BCUT2D eigenvalue weighted by atomic mass is 32.2. The average Bonchev–Trinajstić information content (AvgIpc) is 2.36. The van der Waals surface area contributed by atoms with Gasteiger partial charge in [-0.15, -0.1) is 0 Å². The van der Waals surface area contributed by atoms with Crippen LogP contribution in [0.25, 0.3) is 0 Å². The number of amides is 1. The summed E-state index contributed by atoms with van der Waals surface area (Å²) in [5.74, 6) is 0.207. The molecule has 1 amide bonds. The number of rotatable bonds is 3. The predicted octanol–water partition coefficient (Wildman–Crippen LogP) is 1.27. The summed E-state index contributed by atoms with van der Waals surface area (Å²) in [5, 5.41) is 10.5. The molecule has 0 radical (unpaired) electrons. The number of hydrogen-bond acceptors (Lipinski definition) is 4. The van der Waals surface area contributed by atoms with Crippen molar-refractivity contribution in [2.75, 3.05) is 6.54 Å². The van der Waals surface area contributed by atoms with Gasteiger partial charge in [0.25, 0.3) is 15.9 Å². The van der Waals surface area contributed by atoms with Crippen LogP contribution in [0.1, 0.15) is 52.9 Å². The van der Waals surface area contributed by atoms with E-state index in [-0.39, 0.29) is 6.54 Å². The molecule has 1 saturated heterocycles. The van der Waals surface area contributed by atoms with Crippen LogP contribution in [0.2, 0.25) is 0 Å². The minimum atomic E-state index is -3.58. The van der Waals surface area contributed by atoms with Gasteiger partial charge in [0, 0.05) is 0 Å². The zero-order chi connectivity index (χ0) is 14.5. The highest BCUT2D eigenvalue weighted by molar-refractivity contribution is 7.94. The Morgan fingerprint density at radius 3 is 2.26 bits per heavy atom. The van der Waals surface area contributed by atoms with Crippen LogP contribution in [-0.4, -0.2) is 40.6 Å². The van der Waals surface area contributed by atoms with E-state index >= 15 is 0 Å². The lowest BCUT2D eigenvalue weighted by Gasteiger charge is -2.47. The zero-order valence-corrected chi connectivity index (χ0v) is 12.7. The highest BCUT2D eigenvalue weighted by Crippen LogP contribution is 2.40. The van der Waals surface area contributed by atoms with Gasteiger partial charge in [-0.2, -0.15) is 0 Å². The molecule has 1 aliphatic carbocycles. The fourth-order valence-corrected chi connectivity index (χ4v) is 4.57. The molecule has 2 fully saturated rings. The molecule has 2 rings (SSSR count). The van der Waals surface area contributed by atoms with Gasteiger partial charge in [-0.05, 0) is 45.4 Å². The van der Waals surface area contributed by atoms with Crippen molar-refractivity contribution in [2.45, 2.75) is 63.2 Å². The molecule has 0 unspecified atom stereocenters. The van der Waals surface area contributed by atoms with Crippen molar-refractivity contribution < 1.29 is 18.3 Å². The normalized spacial score (nSPS) is 36.9. The van der Waals surface area contributed by atoms with Gasteiger partial charge in [-0.1, -0.05) is 13.3 Å². The van der Waals surface area contributed by atoms with E-state index in [9.17, 15) is 18.3 Å². The van der Waals surface area contributed by atoms with E-state index in [1.54, 1.807) is 0 Å². The minimum Gasteiger partial charge on any atom is -0.388 e. The van der Waals surface area contributed by atoms with Crippen molar-refractivity contribution in [3.8, 4) is 0 Å². The molecule has 5 nitrogen and oxygen atoms in total. The van der Waals surface area contributed by atoms with E-state index in [0.29, 0.717) is 18.8 Å². The lowest BCUT2D eigenvalue weighted by Crippen LogP contribution is -2.69. The van der Waals surface area contributed by atoms with Crippen LogP contribution in [0.5, 0.6) is 0 Å². The van der Waals surface area contributed by atoms with Crippen molar-refractivity contribution in [3.63, 3.8) is 0 Å². The summed E-state index contributed by atoms with van der Waals surface area (Å²) in [6.07, 6.45) is 4.04. The molecule has 1 aliphatic heterocycles. The van der Waals surface area contributed by atoms with Gasteiger partial charge in [0.15, 0.2) is 4.75 Å². The molecule has 1 N–H and O–H groups in total. The Hall–Kier alpha value is -0.620. The molecule has 6 heteroatoms. The number of hydrogen-bond donors (Lipinski definition) is 1. The summed E-state index contributed by atoms with van der Waals surface area (Å²) in [7, 11) is -3.58. The molecule has 0 aromatic heterocycles. The van der Waals surface area contributed by atoms with E-state index < -0.39 is 26.3 Å². The lowest BCUT2D eigenvalue weighted by atomic mass is 9.78. The van der Waals surface area contributed by atoms with E-state index in [4.69, 9.17) is 0 Å². The third kappa shape index (κ3) is 2.18. The first-order chi connectivity index (χ1) is 8.64. The Labute approximate surface area is 115 Å². The first-order valence-electron chi connectivity index (χ1n) is 6.93. The third-order valence-corrected chi connectivity index (χ3v) is 7.07. The molecule has 0 spiro atoms. The Morgan fingerprint density at radius 2 is 1.84 bits per heavy atom. The summed E-state index contributed by atoms with van der Waals surface area (Å²) < 4.78 is 23.6. The van der Waals surface area contributed by atoms with Crippen LogP contribution in [0, 0.1) is 5.92 Å². The SMILES string of the molecule is CCC1CCC(O)(CN2C(=O)C(C)(C)S2(=O)=O)CC1. The quantitative estimate of drug-likeness (QED) is 0.849. The van der Waals surface area contributed by atoms with Crippen molar-refractivity contribution in [1.29, 1.82) is 0 Å².